The average molecular weight is 519 g/mol. The molecule has 37 heavy (non-hydrogen) atoms. The van der Waals surface area contributed by atoms with Crippen molar-refractivity contribution in [1.82, 2.24) is 34.7 Å². The summed E-state index contributed by atoms with van der Waals surface area (Å²) in [6.07, 6.45) is 6.63. The van der Waals surface area contributed by atoms with E-state index in [1.807, 2.05) is 24.3 Å². The first-order valence-corrected chi connectivity index (χ1v) is 12.0. The highest BCUT2D eigenvalue weighted by Crippen LogP contribution is 2.42. The van der Waals surface area contributed by atoms with Crippen molar-refractivity contribution in [2.75, 3.05) is 0 Å². The molecule has 1 saturated carbocycles. The Morgan fingerprint density at radius 1 is 1.22 bits per heavy atom. The number of hydrogen-bond acceptors (Lipinski definition) is 6. The highest BCUT2D eigenvalue weighted by molar-refractivity contribution is 6.31. The zero-order valence-corrected chi connectivity index (χ0v) is 20.1. The minimum atomic E-state index is -0.599. The number of rotatable bonds is 7. The molecule has 1 aromatic carbocycles. The Labute approximate surface area is 214 Å². The van der Waals surface area contributed by atoms with E-state index in [0.717, 1.165) is 29.4 Å². The number of fused-ring (bicyclic) bond motifs is 2. The van der Waals surface area contributed by atoms with Crippen LogP contribution in [0.15, 0.2) is 49.1 Å². The topological polar surface area (TPSA) is 133 Å². The van der Waals surface area contributed by atoms with Crippen LogP contribution in [-0.4, -0.2) is 41.2 Å². The molecule has 4 heterocycles. The molecule has 0 bridgehead atoms. The molecule has 5 aromatic rings. The first-order chi connectivity index (χ1) is 17.9. The standard InChI is InChI=1S/C25H20ClFN8O2/c26-17-5-6-34-12-30-19(23(34)21(17)27)9-29-25(37)20-11-35(33-32-20)10-13-1-4-18-15(7-13)8-16(14-2-3-14)22(31-18)24(28)36/h1,4-8,11-12,14H,2-3,9-10H2,(H2,28,36)(H,29,37). The first-order valence-electron chi connectivity index (χ1n) is 11.6. The van der Waals surface area contributed by atoms with E-state index in [1.165, 1.54) is 23.0 Å². The van der Waals surface area contributed by atoms with Crippen molar-refractivity contribution in [3.05, 3.63) is 88.1 Å². The van der Waals surface area contributed by atoms with Crippen LogP contribution in [0.2, 0.25) is 5.02 Å². The number of amides is 2. The largest absolute Gasteiger partial charge is 0.364 e. The van der Waals surface area contributed by atoms with E-state index >= 15 is 0 Å². The molecule has 10 nitrogen and oxygen atoms in total. The predicted molar refractivity (Wildman–Crippen MR) is 133 cm³/mol. The number of benzene rings is 1. The minimum absolute atomic E-state index is 0.00620. The number of primary amides is 1. The van der Waals surface area contributed by atoms with E-state index in [-0.39, 0.29) is 22.8 Å². The van der Waals surface area contributed by atoms with Crippen molar-refractivity contribution >= 4 is 39.8 Å². The Kier molecular flexibility index (Phi) is 5.56. The van der Waals surface area contributed by atoms with Gasteiger partial charge in [-0.1, -0.05) is 22.9 Å². The molecule has 0 radical (unpaired) electrons. The normalized spacial score (nSPS) is 13.4. The summed E-state index contributed by atoms with van der Waals surface area (Å²) in [5.41, 5.74) is 9.04. The van der Waals surface area contributed by atoms with Gasteiger partial charge >= 0.3 is 0 Å². The third-order valence-electron chi connectivity index (χ3n) is 6.36. The lowest BCUT2D eigenvalue weighted by Gasteiger charge is -2.09. The van der Waals surface area contributed by atoms with Crippen molar-refractivity contribution < 1.29 is 14.0 Å². The van der Waals surface area contributed by atoms with Crippen LogP contribution in [0.3, 0.4) is 0 Å². The van der Waals surface area contributed by atoms with Gasteiger partial charge in [0, 0.05) is 11.6 Å². The van der Waals surface area contributed by atoms with Crippen LogP contribution in [0.5, 0.6) is 0 Å². The van der Waals surface area contributed by atoms with E-state index in [9.17, 15) is 14.0 Å². The molecule has 0 atom stereocenters. The zero-order chi connectivity index (χ0) is 25.7. The summed E-state index contributed by atoms with van der Waals surface area (Å²) >= 11 is 5.87. The van der Waals surface area contributed by atoms with Gasteiger partial charge in [0.1, 0.15) is 11.2 Å². The number of aromatic nitrogens is 6. The molecule has 186 valence electrons. The maximum Gasteiger partial charge on any atom is 0.273 e. The number of pyridine rings is 2. The summed E-state index contributed by atoms with van der Waals surface area (Å²) in [7, 11) is 0. The quantitative estimate of drug-likeness (QED) is 0.340. The molecular formula is C25H20ClFN8O2. The summed E-state index contributed by atoms with van der Waals surface area (Å²) in [4.78, 5) is 33.1. The van der Waals surface area contributed by atoms with Crippen molar-refractivity contribution in [1.29, 1.82) is 0 Å². The number of carbonyl (C=O) groups is 2. The number of hydrogen-bond donors (Lipinski definition) is 2. The number of nitrogens with one attached hydrogen (secondary N) is 1. The van der Waals surface area contributed by atoms with E-state index in [4.69, 9.17) is 17.3 Å². The summed E-state index contributed by atoms with van der Waals surface area (Å²) in [5.74, 6) is -1.26. The molecule has 4 aromatic heterocycles. The van der Waals surface area contributed by atoms with Crippen molar-refractivity contribution in [3.8, 4) is 0 Å². The summed E-state index contributed by atoms with van der Waals surface area (Å²) in [6, 6.07) is 9.10. The maximum atomic E-state index is 14.4. The molecule has 1 fully saturated rings. The highest BCUT2D eigenvalue weighted by Gasteiger charge is 2.29. The SMILES string of the molecule is NC(=O)c1nc2ccc(Cn3cc(C(=O)NCc4ncn5ccc(Cl)c(F)c45)nn3)cc2cc1C1CC1. The smallest absolute Gasteiger partial charge is 0.273 e. The molecule has 6 rings (SSSR count). The van der Waals surface area contributed by atoms with Gasteiger partial charge in [-0.05, 0) is 54.2 Å². The number of halogens is 2. The van der Waals surface area contributed by atoms with Gasteiger partial charge in [-0.2, -0.15) is 0 Å². The number of carbonyl (C=O) groups excluding carboxylic acids is 2. The lowest BCUT2D eigenvalue weighted by Crippen LogP contribution is -2.23. The van der Waals surface area contributed by atoms with Gasteiger partial charge in [-0.3, -0.25) is 9.59 Å². The Balaban J connectivity index is 1.17. The zero-order valence-electron chi connectivity index (χ0n) is 19.4. The molecular weight excluding hydrogens is 499 g/mol. The van der Waals surface area contributed by atoms with Crippen LogP contribution in [0, 0.1) is 5.82 Å². The van der Waals surface area contributed by atoms with E-state index in [1.54, 1.807) is 10.9 Å². The monoisotopic (exact) mass is 518 g/mol. The molecule has 0 unspecified atom stereocenters. The Morgan fingerprint density at radius 3 is 2.84 bits per heavy atom. The molecule has 12 heteroatoms. The Hall–Kier alpha value is -4.38. The first kappa shape index (κ1) is 23.0. The highest BCUT2D eigenvalue weighted by atomic mass is 35.5. The second-order valence-electron chi connectivity index (χ2n) is 9.00. The van der Waals surface area contributed by atoms with Crippen LogP contribution < -0.4 is 11.1 Å². The number of imidazole rings is 1. The second kappa shape index (κ2) is 8.93. The maximum absolute atomic E-state index is 14.4. The molecule has 1 aliphatic rings. The summed E-state index contributed by atoms with van der Waals surface area (Å²) in [5, 5.41) is 11.6. The van der Waals surface area contributed by atoms with Crippen molar-refractivity contribution in [3.63, 3.8) is 0 Å². The third-order valence-corrected chi connectivity index (χ3v) is 6.65. The van der Waals surface area contributed by atoms with Gasteiger partial charge in [0.25, 0.3) is 11.8 Å². The Bertz CT molecular complexity index is 1710. The van der Waals surface area contributed by atoms with Crippen LogP contribution in [0.4, 0.5) is 4.39 Å². The van der Waals surface area contributed by atoms with E-state index in [2.05, 4.69) is 25.6 Å². The molecule has 0 saturated heterocycles. The lowest BCUT2D eigenvalue weighted by molar-refractivity contribution is 0.0944. The summed E-state index contributed by atoms with van der Waals surface area (Å²) < 4.78 is 17.5. The fourth-order valence-electron chi connectivity index (χ4n) is 4.38. The van der Waals surface area contributed by atoms with Crippen LogP contribution in [-0.2, 0) is 13.1 Å². The molecule has 2 amide bonds. The van der Waals surface area contributed by atoms with Crippen LogP contribution in [0.1, 0.15) is 56.6 Å². The van der Waals surface area contributed by atoms with Gasteiger partial charge in [-0.15, -0.1) is 5.10 Å². The Morgan fingerprint density at radius 2 is 2.05 bits per heavy atom. The average Bonchev–Trinajstić information content (AvgIpc) is 3.49. The van der Waals surface area contributed by atoms with Gasteiger partial charge in [0.2, 0.25) is 0 Å². The van der Waals surface area contributed by atoms with Gasteiger partial charge in [0.15, 0.2) is 11.5 Å². The van der Waals surface area contributed by atoms with Crippen LogP contribution >= 0.6 is 11.6 Å². The predicted octanol–water partition coefficient (Wildman–Crippen LogP) is 3.22. The number of nitrogens with zero attached hydrogens (tertiary/aromatic N) is 6. The van der Waals surface area contributed by atoms with E-state index in [0.29, 0.717) is 29.4 Å². The second-order valence-corrected chi connectivity index (χ2v) is 9.41. The summed E-state index contributed by atoms with van der Waals surface area (Å²) in [6.45, 7) is 0.371. The lowest BCUT2D eigenvalue weighted by atomic mass is 10.0. The van der Waals surface area contributed by atoms with Gasteiger partial charge in [0.05, 0.1) is 41.8 Å². The van der Waals surface area contributed by atoms with Gasteiger partial charge in [-0.25, -0.2) is 19.0 Å². The van der Waals surface area contributed by atoms with Gasteiger partial charge < -0.3 is 15.5 Å². The number of nitrogens with two attached hydrogens (primary N) is 1. The minimum Gasteiger partial charge on any atom is -0.364 e. The third kappa shape index (κ3) is 4.38. The molecule has 1 aliphatic carbocycles. The van der Waals surface area contributed by atoms with Crippen LogP contribution in [0.25, 0.3) is 16.4 Å². The van der Waals surface area contributed by atoms with Crippen molar-refractivity contribution in [2.45, 2.75) is 31.8 Å². The van der Waals surface area contributed by atoms with Crippen molar-refractivity contribution in [2.24, 2.45) is 5.73 Å². The molecule has 0 spiro atoms. The fraction of sp³-hybridized carbons (Fsp3) is 0.200. The van der Waals surface area contributed by atoms with E-state index < -0.39 is 17.6 Å². The molecule has 0 aliphatic heterocycles. The fourth-order valence-corrected chi connectivity index (χ4v) is 4.52. The molecule has 3 N–H and O–H groups in total.